The predicted octanol–water partition coefficient (Wildman–Crippen LogP) is 2.96. The highest BCUT2D eigenvalue weighted by Gasteiger charge is 2.25. The van der Waals surface area contributed by atoms with E-state index in [-0.39, 0.29) is 5.91 Å². The quantitative estimate of drug-likeness (QED) is 0.653. The number of anilines is 1. The van der Waals surface area contributed by atoms with Crippen LogP contribution in [0.25, 0.3) is 11.0 Å². The second-order valence-corrected chi connectivity index (χ2v) is 6.91. The van der Waals surface area contributed by atoms with Gasteiger partial charge >= 0.3 is 0 Å². The first-order valence-electron chi connectivity index (χ1n) is 8.23. The maximum Gasteiger partial charge on any atom is 0.289 e. The molecule has 0 aliphatic carbocycles. The van der Waals surface area contributed by atoms with Crippen molar-refractivity contribution in [3.63, 3.8) is 0 Å². The maximum absolute atomic E-state index is 12.8. The molecule has 1 amide bonds. The van der Waals surface area contributed by atoms with Crippen LogP contribution in [0, 0.1) is 0 Å². The summed E-state index contributed by atoms with van der Waals surface area (Å²) in [4.78, 5) is 25.2. The molecule has 7 nitrogen and oxygen atoms in total. The Morgan fingerprint density at radius 2 is 2.00 bits per heavy atom. The summed E-state index contributed by atoms with van der Waals surface area (Å²) >= 11 is 3.43. The Bertz CT molecular complexity index is 951. The molecule has 0 spiro atoms. The van der Waals surface area contributed by atoms with E-state index in [2.05, 4.69) is 30.8 Å². The van der Waals surface area contributed by atoms with Crippen molar-refractivity contribution in [3.05, 3.63) is 46.9 Å². The lowest BCUT2D eigenvalue weighted by Gasteiger charge is -2.34. The van der Waals surface area contributed by atoms with Crippen molar-refractivity contribution in [2.45, 2.75) is 0 Å². The molecule has 0 saturated carbocycles. The summed E-state index contributed by atoms with van der Waals surface area (Å²) in [5.74, 6) is 1.51. The smallest absolute Gasteiger partial charge is 0.289 e. The van der Waals surface area contributed by atoms with E-state index in [9.17, 15) is 4.79 Å². The number of fused-ring (bicyclic) bond motifs is 1. The van der Waals surface area contributed by atoms with Crippen molar-refractivity contribution in [1.82, 2.24) is 14.9 Å². The first-order chi connectivity index (χ1) is 12.6. The molecule has 1 fully saturated rings. The number of benzene rings is 1. The van der Waals surface area contributed by atoms with Crippen molar-refractivity contribution < 1.29 is 13.9 Å². The number of rotatable bonds is 3. The van der Waals surface area contributed by atoms with Gasteiger partial charge in [-0.3, -0.25) is 9.78 Å². The largest absolute Gasteiger partial charge is 0.480 e. The van der Waals surface area contributed by atoms with Gasteiger partial charge in [0.1, 0.15) is 5.58 Å². The van der Waals surface area contributed by atoms with Gasteiger partial charge < -0.3 is 19.0 Å². The normalized spacial score (nSPS) is 14.7. The molecule has 1 saturated heterocycles. The van der Waals surface area contributed by atoms with Crippen LogP contribution < -0.4 is 9.64 Å². The van der Waals surface area contributed by atoms with Crippen molar-refractivity contribution in [1.29, 1.82) is 0 Å². The van der Waals surface area contributed by atoms with Gasteiger partial charge in [-0.1, -0.05) is 15.9 Å². The molecule has 0 N–H and O–H groups in total. The minimum atomic E-state index is -0.0892. The van der Waals surface area contributed by atoms with Gasteiger partial charge in [0.05, 0.1) is 19.5 Å². The van der Waals surface area contributed by atoms with Crippen LogP contribution in [0.4, 0.5) is 5.82 Å². The third-order valence-electron chi connectivity index (χ3n) is 4.39. The highest BCUT2D eigenvalue weighted by molar-refractivity contribution is 9.10. The van der Waals surface area contributed by atoms with Gasteiger partial charge in [0.25, 0.3) is 5.91 Å². The van der Waals surface area contributed by atoms with Crippen LogP contribution in [0.2, 0.25) is 0 Å². The topological polar surface area (TPSA) is 71.7 Å². The van der Waals surface area contributed by atoms with Crippen molar-refractivity contribution in [2.75, 3.05) is 38.2 Å². The number of aromatic nitrogens is 2. The van der Waals surface area contributed by atoms with Crippen LogP contribution in [0.3, 0.4) is 0 Å². The standard InChI is InChI=1S/C18H17BrN4O3/c1-25-17-11-20-10-16(21-17)22-4-6-23(7-5-22)18(24)15-9-12-8-13(19)2-3-14(12)26-15/h2-3,8-11H,4-7H2,1H3. The summed E-state index contributed by atoms with van der Waals surface area (Å²) in [6.45, 7) is 2.55. The lowest BCUT2D eigenvalue weighted by atomic mass is 10.2. The first-order valence-corrected chi connectivity index (χ1v) is 9.03. The number of halogens is 1. The Labute approximate surface area is 158 Å². The number of carbonyl (C=O) groups is 1. The van der Waals surface area contributed by atoms with Gasteiger partial charge in [-0.25, -0.2) is 0 Å². The van der Waals surface area contributed by atoms with E-state index in [0.717, 1.165) is 15.7 Å². The minimum absolute atomic E-state index is 0.0892. The fraction of sp³-hybridized carbons (Fsp3) is 0.278. The second kappa shape index (κ2) is 6.95. The molecule has 2 aromatic heterocycles. The molecule has 26 heavy (non-hydrogen) atoms. The van der Waals surface area contributed by atoms with Gasteiger partial charge in [-0.15, -0.1) is 0 Å². The zero-order valence-electron chi connectivity index (χ0n) is 14.2. The third kappa shape index (κ3) is 3.24. The number of hydrogen-bond donors (Lipinski definition) is 0. The van der Waals surface area contributed by atoms with Gasteiger partial charge in [0, 0.05) is 36.0 Å². The summed E-state index contributed by atoms with van der Waals surface area (Å²) in [7, 11) is 1.57. The van der Waals surface area contributed by atoms with E-state index in [0.29, 0.717) is 43.4 Å². The molecule has 0 bridgehead atoms. The van der Waals surface area contributed by atoms with Crippen molar-refractivity contribution >= 4 is 38.6 Å². The Morgan fingerprint density at radius 1 is 1.19 bits per heavy atom. The fourth-order valence-electron chi connectivity index (χ4n) is 3.00. The Morgan fingerprint density at radius 3 is 2.77 bits per heavy atom. The van der Waals surface area contributed by atoms with E-state index >= 15 is 0 Å². The summed E-state index contributed by atoms with van der Waals surface area (Å²) in [5, 5.41) is 0.910. The van der Waals surface area contributed by atoms with E-state index in [1.54, 1.807) is 30.5 Å². The average molecular weight is 417 g/mol. The summed E-state index contributed by atoms with van der Waals surface area (Å²) in [6.07, 6.45) is 3.28. The zero-order valence-corrected chi connectivity index (χ0v) is 15.8. The molecule has 0 radical (unpaired) electrons. The van der Waals surface area contributed by atoms with Crippen LogP contribution in [-0.4, -0.2) is 54.1 Å². The summed E-state index contributed by atoms with van der Waals surface area (Å²) < 4.78 is 11.8. The number of methoxy groups -OCH3 is 1. The molecule has 0 unspecified atom stereocenters. The van der Waals surface area contributed by atoms with Gasteiger partial charge in [0.2, 0.25) is 5.88 Å². The van der Waals surface area contributed by atoms with Gasteiger partial charge in [-0.2, -0.15) is 4.98 Å². The lowest BCUT2D eigenvalue weighted by molar-refractivity contribution is 0.0717. The molecule has 1 aliphatic rings. The number of hydrogen-bond acceptors (Lipinski definition) is 6. The maximum atomic E-state index is 12.8. The van der Waals surface area contributed by atoms with Crippen molar-refractivity contribution in [3.8, 4) is 5.88 Å². The Balaban J connectivity index is 1.45. The molecule has 0 atom stereocenters. The predicted molar refractivity (Wildman–Crippen MR) is 101 cm³/mol. The molecule has 3 heterocycles. The number of piperazine rings is 1. The lowest BCUT2D eigenvalue weighted by Crippen LogP contribution is -2.49. The molecule has 8 heteroatoms. The number of furan rings is 1. The van der Waals surface area contributed by atoms with E-state index in [1.807, 2.05) is 18.2 Å². The molecule has 4 rings (SSSR count). The first kappa shape index (κ1) is 16.8. The monoisotopic (exact) mass is 416 g/mol. The Kier molecular flexibility index (Phi) is 4.50. The number of ether oxygens (including phenoxy) is 1. The van der Waals surface area contributed by atoms with Crippen LogP contribution in [0.15, 0.2) is 45.5 Å². The molecule has 1 aliphatic heterocycles. The van der Waals surface area contributed by atoms with E-state index in [4.69, 9.17) is 9.15 Å². The minimum Gasteiger partial charge on any atom is -0.480 e. The van der Waals surface area contributed by atoms with E-state index < -0.39 is 0 Å². The Hall–Kier alpha value is -2.61. The molecular weight excluding hydrogens is 400 g/mol. The molecular formula is C18H17BrN4O3. The number of amides is 1. The summed E-state index contributed by atoms with van der Waals surface area (Å²) in [5.41, 5.74) is 0.710. The highest BCUT2D eigenvalue weighted by atomic mass is 79.9. The third-order valence-corrected chi connectivity index (χ3v) is 4.88. The highest BCUT2D eigenvalue weighted by Crippen LogP contribution is 2.25. The van der Waals surface area contributed by atoms with E-state index in [1.165, 1.54) is 0 Å². The molecule has 1 aromatic carbocycles. The SMILES string of the molecule is COc1cncc(N2CCN(C(=O)c3cc4cc(Br)ccc4o3)CC2)n1. The van der Waals surface area contributed by atoms with Crippen LogP contribution in [0.1, 0.15) is 10.6 Å². The number of carbonyl (C=O) groups excluding carboxylic acids is 1. The van der Waals surface area contributed by atoms with Crippen LogP contribution in [-0.2, 0) is 0 Å². The van der Waals surface area contributed by atoms with Gasteiger partial charge in [-0.05, 0) is 24.3 Å². The average Bonchev–Trinajstić information content (AvgIpc) is 3.10. The summed E-state index contributed by atoms with van der Waals surface area (Å²) in [6, 6.07) is 7.49. The van der Waals surface area contributed by atoms with Gasteiger partial charge in [0.15, 0.2) is 11.6 Å². The molecule has 3 aromatic rings. The fourth-order valence-corrected chi connectivity index (χ4v) is 3.38. The zero-order chi connectivity index (χ0) is 18.1. The second-order valence-electron chi connectivity index (χ2n) is 5.99. The molecule has 134 valence electrons. The number of nitrogens with zero attached hydrogens (tertiary/aromatic N) is 4. The van der Waals surface area contributed by atoms with Crippen LogP contribution in [0.5, 0.6) is 5.88 Å². The van der Waals surface area contributed by atoms with Crippen LogP contribution >= 0.6 is 15.9 Å². The van der Waals surface area contributed by atoms with Crippen molar-refractivity contribution in [2.24, 2.45) is 0 Å².